The number of furan rings is 1. The van der Waals surface area contributed by atoms with Crippen molar-refractivity contribution in [1.29, 1.82) is 0 Å². The van der Waals surface area contributed by atoms with Crippen LogP contribution in [-0.4, -0.2) is 10.9 Å². The second-order valence-corrected chi connectivity index (χ2v) is 7.81. The van der Waals surface area contributed by atoms with Crippen LogP contribution >= 0.6 is 0 Å². The minimum Gasteiger partial charge on any atom is -0.461 e. The zero-order chi connectivity index (χ0) is 20.7. The molecule has 30 heavy (non-hydrogen) atoms. The van der Waals surface area contributed by atoms with E-state index >= 15 is 0 Å². The Kier molecular flexibility index (Phi) is 4.62. The maximum atomic E-state index is 12.6. The summed E-state index contributed by atoms with van der Waals surface area (Å²) in [4.78, 5) is 29.0. The van der Waals surface area contributed by atoms with E-state index in [1.165, 1.54) is 12.0 Å². The van der Waals surface area contributed by atoms with Gasteiger partial charge in [-0.25, -0.2) is 9.78 Å². The van der Waals surface area contributed by atoms with Gasteiger partial charge in [-0.15, -0.1) is 0 Å². The number of nitrogens with one attached hydrogen (secondary N) is 1. The molecule has 0 radical (unpaired) electrons. The normalized spacial score (nSPS) is 13.5. The molecule has 0 spiro atoms. The summed E-state index contributed by atoms with van der Waals surface area (Å²) in [5.74, 6) is 1.36. The smallest absolute Gasteiger partial charge is 0.339 e. The Bertz CT molecular complexity index is 1320. The fourth-order valence-electron chi connectivity index (χ4n) is 4.31. The van der Waals surface area contributed by atoms with Gasteiger partial charge in [-0.05, 0) is 56.4 Å². The summed E-state index contributed by atoms with van der Waals surface area (Å²) in [6.45, 7) is 1.92. The Labute approximate surface area is 172 Å². The minimum absolute atomic E-state index is 0.178. The van der Waals surface area contributed by atoms with Crippen LogP contribution in [0.15, 0.2) is 50.2 Å². The molecule has 0 aliphatic heterocycles. The van der Waals surface area contributed by atoms with Crippen LogP contribution in [0.4, 0.5) is 5.82 Å². The molecule has 1 N–H and O–H groups in total. The number of carbonyl (C=O) groups is 1. The number of amides is 1. The lowest BCUT2D eigenvalue weighted by Crippen LogP contribution is -2.17. The molecule has 1 aliphatic rings. The molecule has 4 aromatic rings. The number of hydrogen-bond donors (Lipinski definition) is 1. The number of fused-ring (bicyclic) bond motifs is 4. The third-order valence-corrected chi connectivity index (χ3v) is 5.90. The molecule has 5 rings (SSSR count). The number of nitrogens with zero attached hydrogens (tertiary/aromatic N) is 1. The Morgan fingerprint density at radius 1 is 1.10 bits per heavy atom. The third-order valence-electron chi connectivity index (χ3n) is 5.90. The van der Waals surface area contributed by atoms with E-state index in [9.17, 15) is 9.59 Å². The Hall–Kier alpha value is -3.41. The van der Waals surface area contributed by atoms with E-state index in [1.807, 2.05) is 13.0 Å². The fourth-order valence-corrected chi connectivity index (χ4v) is 4.31. The van der Waals surface area contributed by atoms with Gasteiger partial charge in [0.2, 0.25) is 5.91 Å². The van der Waals surface area contributed by atoms with Crippen LogP contribution in [0.1, 0.15) is 41.7 Å². The number of aromatic nitrogens is 1. The average Bonchev–Trinajstić information content (AvgIpc) is 3.10. The van der Waals surface area contributed by atoms with Crippen LogP contribution < -0.4 is 10.9 Å². The van der Waals surface area contributed by atoms with Crippen molar-refractivity contribution in [2.24, 2.45) is 0 Å². The van der Waals surface area contributed by atoms with Crippen LogP contribution in [0, 0.1) is 6.92 Å². The minimum atomic E-state index is -0.402. The number of pyridine rings is 1. The topological polar surface area (TPSA) is 85.3 Å². The van der Waals surface area contributed by atoms with Crippen LogP contribution in [0.3, 0.4) is 0 Å². The molecule has 0 bridgehead atoms. The maximum Gasteiger partial charge on any atom is 0.339 e. The molecule has 1 aromatic carbocycles. The SMILES string of the molecule is Cc1c(CCC(=O)Nc2ccccn2)c(=O)oc2cc3oc4c(c3cc12)CCCC4. The molecular formula is C24H22N2O4. The molecular weight excluding hydrogens is 380 g/mol. The van der Waals surface area contributed by atoms with Crippen molar-refractivity contribution in [3.05, 3.63) is 69.4 Å². The van der Waals surface area contributed by atoms with E-state index in [2.05, 4.69) is 16.4 Å². The largest absolute Gasteiger partial charge is 0.461 e. The van der Waals surface area contributed by atoms with E-state index < -0.39 is 5.63 Å². The molecule has 0 unspecified atom stereocenters. The van der Waals surface area contributed by atoms with Crippen LogP contribution in [0.5, 0.6) is 0 Å². The number of rotatable bonds is 4. The number of aryl methyl sites for hydroxylation is 3. The van der Waals surface area contributed by atoms with Gasteiger partial charge in [0.1, 0.15) is 22.7 Å². The Balaban J connectivity index is 1.47. The van der Waals surface area contributed by atoms with Crippen molar-refractivity contribution in [1.82, 2.24) is 4.98 Å². The molecule has 6 nitrogen and oxygen atoms in total. The predicted molar refractivity (Wildman–Crippen MR) is 115 cm³/mol. The first-order chi connectivity index (χ1) is 14.6. The quantitative estimate of drug-likeness (QED) is 0.501. The van der Waals surface area contributed by atoms with E-state index in [0.29, 0.717) is 23.4 Å². The van der Waals surface area contributed by atoms with Crippen molar-refractivity contribution in [3.63, 3.8) is 0 Å². The summed E-state index contributed by atoms with van der Waals surface area (Å²) in [6.07, 6.45) is 6.39. The highest BCUT2D eigenvalue weighted by Crippen LogP contribution is 2.35. The molecule has 3 aromatic heterocycles. The summed E-state index contributed by atoms with van der Waals surface area (Å²) in [5, 5.41) is 4.75. The third kappa shape index (κ3) is 3.28. The summed E-state index contributed by atoms with van der Waals surface area (Å²) >= 11 is 0. The first-order valence-electron chi connectivity index (χ1n) is 10.3. The van der Waals surface area contributed by atoms with E-state index in [0.717, 1.165) is 46.9 Å². The molecule has 0 fully saturated rings. The molecule has 6 heteroatoms. The summed E-state index contributed by atoms with van der Waals surface area (Å²) < 4.78 is 11.6. The monoisotopic (exact) mass is 402 g/mol. The van der Waals surface area contributed by atoms with Gasteiger partial charge in [0.05, 0.1) is 0 Å². The molecule has 1 aliphatic carbocycles. The van der Waals surface area contributed by atoms with Crippen molar-refractivity contribution >= 4 is 33.7 Å². The lowest BCUT2D eigenvalue weighted by Gasteiger charge is -2.10. The number of carbonyl (C=O) groups excluding carboxylic acids is 1. The van der Waals surface area contributed by atoms with E-state index in [1.54, 1.807) is 24.4 Å². The zero-order valence-electron chi connectivity index (χ0n) is 16.8. The van der Waals surface area contributed by atoms with Crippen molar-refractivity contribution in [3.8, 4) is 0 Å². The van der Waals surface area contributed by atoms with Gasteiger partial charge >= 0.3 is 5.63 Å². The van der Waals surface area contributed by atoms with Gasteiger partial charge in [-0.2, -0.15) is 0 Å². The van der Waals surface area contributed by atoms with Crippen LogP contribution in [-0.2, 0) is 24.1 Å². The summed E-state index contributed by atoms with van der Waals surface area (Å²) in [5.41, 5.74) is 3.58. The molecule has 1 amide bonds. The van der Waals surface area contributed by atoms with Gasteiger partial charge in [-0.1, -0.05) is 6.07 Å². The van der Waals surface area contributed by atoms with Gasteiger partial charge < -0.3 is 14.2 Å². The highest BCUT2D eigenvalue weighted by molar-refractivity contribution is 5.97. The molecule has 3 heterocycles. The maximum absolute atomic E-state index is 12.6. The molecule has 0 saturated carbocycles. The molecule has 0 saturated heterocycles. The molecule has 152 valence electrons. The van der Waals surface area contributed by atoms with Gasteiger partial charge in [0.25, 0.3) is 0 Å². The predicted octanol–water partition coefficient (Wildman–Crippen LogP) is 4.69. The number of benzene rings is 1. The van der Waals surface area contributed by atoms with Crippen LogP contribution in [0.2, 0.25) is 0 Å². The Morgan fingerprint density at radius 2 is 1.93 bits per heavy atom. The number of hydrogen-bond acceptors (Lipinski definition) is 5. The lowest BCUT2D eigenvalue weighted by atomic mass is 9.94. The van der Waals surface area contributed by atoms with Crippen molar-refractivity contribution in [2.45, 2.75) is 45.4 Å². The van der Waals surface area contributed by atoms with E-state index in [4.69, 9.17) is 8.83 Å². The van der Waals surface area contributed by atoms with Crippen molar-refractivity contribution in [2.75, 3.05) is 5.32 Å². The first kappa shape index (κ1) is 18.6. The summed E-state index contributed by atoms with van der Waals surface area (Å²) in [7, 11) is 0. The zero-order valence-corrected chi connectivity index (χ0v) is 16.8. The molecule has 0 atom stereocenters. The van der Waals surface area contributed by atoms with E-state index in [-0.39, 0.29) is 12.3 Å². The lowest BCUT2D eigenvalue weighted by molar-refractivity contribution is -0.116. The highest BCUT2D eigenvalue weighted by Gasteiger charge is 2.20. The summed E-state index contributed by atoms with van der Waals surface area (Å²) in [6, 6.07) is 9.22. The van der Waals surface area contributed by atoms with Crippen molar-refractivity contribution < 1.29 is 13.6 Å². The highest BCUT2D eigenvalue weighted by atomic mass is 16.4. The van der Waals surface area contributed by atoms with Crippen LogP contribution in [0.25, 0.3) is 21.9 Å². The number of anilines is 1. The fraction of sp³-hybridized carbons (Fsp3) is 0.292. The second-order valence-electron chi connectivity index (χ2n) is 7.81. The standard InChI is InChI=1S/C24H22N2O4/c1-14-15(9-10-23(27)26-22-8-4-5-11-25-22)24(28)30-20-13-21-18(12-17(14)20)16-6-2-3-7-19(16)29-21/h4-5,8,11-13H,2-3,6-7,9-10H2,1H3,(H,25,26,27). The van der Waals surface area contributed by atoms with Gasteiger partial charge in [0.15, 0.2) is 0 Å². The Morgan fingerprint density at radius 3 is 2.77 bits per heavy atom. The second kappa shape index (κ2) is 7.44. The first-order valence-corrected chi connectivity index (χ1v) is 10.3. The van der Waals surface area contributed by atoms with Gasteiger partial charge in [0, 0.05) is 47.0 Å². The van der Waals surface area contributed by atoms with Gasteiger partial charge in [-0.3, -0.25) is 4.79 Å². The average molecular weight is 402 g/mol.